The Labute approximate surface area is 149 Å². The molecule has 24 heavy (non-hydrogen) atoms. The lowest BCUT2D eigenvalue weighted by Gasteiger charge is -2.06. The van der Waals surface area contributed by atoms with Crippen molar-refractivity contribution in [1.82, 2.24) is 19.7 Å². The number of thiazole rings is 1. The summed E-state index contributed by atoms with van der Waals surface area (Å²) in [6.07, 6.45) is 4.37. The Morgan fingerprint density at radius 3 is 2.83 bits per heavy atom. The van der Waals surface area contributed by atoms with Crippen LogP contribution >= 0.6 is 23.1 Å². The van der Waals surface area contributed by atoms with Crippen LogP contribution in [0.2, 0.25) is 0 Å². The number of aromatic nitrogens is 4. The van der Waals surface area contributed by atoms with Crippen LogP contribution in [0, 0.1) is 0 Å². The summed E-state index contributed by atoms with van der Waals surface area (Å²) in [6.45, 7) is 4.63. The molecule has 4 nitrogen and oxygen atoms in total. The molecule has 2 aromatic heterocycles. The lowest BCUT2D eigenvalue weighted by atomic mass is 10.2. The van der Waals surface area contributed by atoms with Crippen molar-refractivity contribution in [2.75, 3.05) is 0 Å². The van der Waals surface area contributed by atoms with Crippen LogP contribution in [0.4, 0.5) is 0 Å². The summed E-state index contributed by atoms with van der Waals surface area (Å²) in [7, 11) is 0. The maximum Gasteiger partial charge on any atom is 0.191 e. The largest absolute Gasteiger partial charge is 0.302 e. The Balaban J connectivity index is 1.47. The van der Waals surface area contributed by atoms with Crippen LogP contribution in [0.25, 0.3) is 10.6 Å². The van der Waals surface area contributed by atoms with E-state index in [2.05, 4.69) is 38.9 Å². The van der Waals surface area contributed by atoms with Crippen molar-refractivity contribution in [1.29, 1.82) is 0 Å². The zero-order valence-electron chi connectivity index (χ0n) is 13.3. The predicted molar refractivity (Wildman–Crippen MR) is 99.3 cm³/mol. The summed E-state index contributed by atoms with van der Waals surface area (Å²) < 4.78 is 2.19. The van der Waals surface area contributed by atoms with Gasteiger partial charge in [-0.05, 0) is 12.8 Å². The zero-order valence-corrected chi connectivity index (χ0v) is 14.9. The van der Waals surface area contributed by atoms with Crippen LogP contribution in [-0.2, 0) is 12.3 Å². The lowest BCUT2D eigenvalue weighted by molar-refractivity contribution is 0.681. The van der Waals surface area contributed by atoms with Gasteiger partial charge in [0, 0.05) is 29.2 Å². The monoisotopic (exact) mass is 354 g/mol. The van der Waals surface area contributed by atoms with E-state index in [1.54, 1.807) is 23.1 Å². The number of hydrogen-bond acceptors (Lipinski definition) is 5. The molecule has 1 aliphatic carbocycles. The van der Waals surface area contributed by atoms with Crippen LogP contribution in [0.5, 0.6) is 0 Å². The Bertz CT molecular complexity index is 834. The predicted octanol–water partition coefficient (Wildman–Crippen LogP) is 4.76. The minimum absolute atomic E-state index is 0.593. The first-order chi connectivity index (χ1) is 11.8. The van der Waals surface area contributed by atoms with Crippen LogP contribution in [0.15, 0.2) is 53.5 Å². The van der Waals surface area contributed by atoms with Crippen LogP contribution in [0.3, 0.4) is 0 Å². The molecule has 0 bridgehead atoms. The highest BCUT2D eigenvalue weighted by Gasteiger charge is 2.30. The van der Waals surface area contributed by atoms with Gasteiger partial charge in [0.25, 0.3) is 0 Å². The molecule has 0 amide bonds. The van der Waals surface area contributed by atoms with Crippen LogP contribution in [-0.4, -0.2) is 19.7 Å². The van der Waals surface area contributed by atoms with Gasteiger partial charge in [0.1, 0.15) is 10.8 Å². The van der Waals surface area contributed by atoms with Gasteiger partial charge >= 0.3 is 0 Å². The zero-order chi connectivity index (χ0) is 16.4. The van der Waals surface area contributed by atoms with Gasteiger partial charge in [-0.3, -0.25) is 0 Å². The normalized spacial score (nSPS) is 14.0. The third-order valence-electron chi connectivity index (χ3n) is 3.92. The highest BCUT2D eigenvalue weighted by molar-refractivity contribution is 7.98. The molecule has 1 fully saturated rings. The molecule has 1 aliphatic rings. The molecule has 1 aromatic carbocycles. The van der Waals surface area contributed by atoms with E-state index in [0.717, 1.165) is 34.0 Å². The third kappa shape index (κ3) is 3.30. The molecule has 1 saturated carbocycles. The van der Waals surface area contributed by atoms with E-state index in [1.165, 1.54) is 18.4 Å². The molecule has 0 aliphatic heterocycles. The van der Waals surface area contributed by atoms with E-state index in [-0.39, 0.29) is 0 Å². The van der Waals surface area contributed by atoms with E-state index >= 15 is 0 Å². The number of nitrogens with zero attached hydrogens (tertiary/aromatic N) is 4. The van der Waals surface area contributed by atoms with Gasteiger partial charge in [-0.1, -0.05) is 48.2 Å². The van der Waals surface area contributed by atoms with E-state index in [4.69, 9.17) is 4.98 Å². The number of thioether (sulfide) groups is 1. The molecule has 0 saturated heterocycles. The fourth-order valence-corrected chi connectivity index (χ4v) is 4.35. The van der Waals surface area contributed by atoms with Crippen molar-refractivity contribution in [3.8, 4) is 10.6 Å². The number of hydrogen-bond donors (Lipinski definition) is 0. The SMILES string of the molecule is C=CCn1c(SCc2csc(-c3ccccc3)n2)nnc1C1CC1. The van der Waals surface area contributed by atoms with Crippen molar-refractivity contribution in [2.45, 2.75) is 36.2 Å². The van der Waals surface area contributed by atoms with Crippen LogP contribution in [0.1, 0.15) is 30.3 Å². The minimum Gasteiger partial charge on any atom is -0.302 e. The standard InChI is InChI=1S/C18H18N4S2/c1-2-10-22-16(13-8-9-13)20-21-18(22)24-12-15-11-23-17(19-15)14-6-4-3-5-7-14/h2-7,11,13H,1,8-10,12H2. The van der Waals surface area contributed by atoms with Gasteiger partial charge in [-0.25, -0.2) is 4.98 Å². The molecule has 0 spiro atoms. The Morgan fingerprint density at radius 2 is 2.08 bits per heavy atom. The number of benzene rings is 1. The van der Waals surface area contributed by atoms with E-state index in [1.807, 2.05) is 24.3 Å². The lowest BCUT2D eigenvalue weighted by Crippen LogP contribution is -2.02. The first-order valence-electron chi connectivity index (χ1n) is 8.02. The third-order valence-corrected chi connectivity index (χ3v) is 5.86. The molecule has 122 valence electrons. The average molecular weight is 355 g/mol. The molecule has 6 heteroatoms. The molecule has 4 rings (SSSR count). The van der Waals surface area contributed by atoms with Gasteiger partial charge in [0.15, 0.2) is 5.16 Å². The smallest absolute Gasteiger partial charge is 0.191 e. The maximum atomic E-state index is 4.75. The first-order valence-corrected chi connectivity index (χ1v) is 9.88. The summed E-state index contributed by atoms with van der Waals surface area (Å²) in [4.78, 5) is 4.75. The maximum absolute atomic E-state index is 4.75. The first kappa shape index (κ1) is 15.6. The van der Waals surface area contributed by atoms with Crippen molar-refractivity contribution < 1.29 is 0 Å². The second-order valence-corrected chi connectivity index (χ2v) is 7.61. The van der Waals surface area contributed by atoms with E-state index in [9.17, 15) is 0 Å². The van der Waals surface area contributed by atoms with Crippen molar-refractivity contribution in [2.24, 2.45) is 0 Å². The highest BCUT2D eigenvalue weighted by Crippen LogP contribution is 2.40. The molecule has 3 aromatic rings. The second kappa shape index (κ2) is 6.91. The van der Waals surface area contributed by atoms with E-state index in [0.29, 0.717) is 5.92 Å². The van der Waals surface area contributed by atoms with Gasteiger partial charge in [0.05, 0.1) is 5.69 Å². The van der Waals surface area contributed by atoms with Gasteiger partial charge in [-0.15, -0.1) is 28.1 Å². The molecule has 0 atom stereocenters. The molecular formula is C18H18N4S2. The second-order valence-electron chi connectivity index (χ2n) is 5.81. The summed E-state index contributed by atoms with van der Waals surface area (Å²) in [5.41, 5.74) is 2.26. The van der Waals surface area contributed by atoms with Crippen molar-refractivity contribution >= 4 is 23.1 Å². The van der Waals surface area contributed by atoms with E-state index < -0.39 is 0 Å². The number of rotatable bonds is 7. The van der Waals surface area contributed by atoms with Crippen molar-refractivity contribution in [3.63, 3.8) is 0 Å². The molecule has 0 unspecified atom stereocenters. The van der Waals surface area contributed by atoms with Crippen LogP contribution < -0.4 is 0 Å². The fourth-order valence-electron chi connectivity index (χ4n) is 2.58. The molecule has 0 N–H and O–H groups in total. The summed E-state index contributed by atoms with van der Waals surface area (Å²) >= 11 is 3.39. The van der Waals surface area contributed by atoms with Crippen molar-refractivity contribution in [3.05, 3.63) is 59.9 Å². The minimum atomic E-state index is 0.593. The highest BCUT2D eigenvalue weighted by atomic mass is 32.2. The van der Waals surface area contributed by atoms with Gasteiger partial charge < -0.3 is 4.57 Å². The Kier molecular flexibility index (Phi) is 4.49. The quantitative estimate of drug-likeness (QED) is 0.453. The summed E-state index contributed by atoms with van der Waals surface area (Å²) in [6, 6.07) is 10.3. The van der Waals surface area contributed by atoms with Gasteiger partial charge in [-0.2, -0.15) is 0 Å². The fraction of sp³-hybridized carbons (Fsp3) is 0.278. The summed E-state index contributed by atoms with van der Waals surface area (Å²) in [5, 5.41) is 12.9. The molecule has 0 radical (unpaired) electrons. The Morgan fingerprint density at radius 1 is 1.25 bits per heavy atom. The topological polar surface area (TPSA) is 43.6 Å². The molecule has 2 heterocycles. The Hall–Kier alpha value is -1.92. The average Bonchev–Trinajstić information content (AvgIpc) is 3.21. The molecular weight excluding hydrogens is 336 g/mol. The van der Waals surface area contributed by atoms with Gasteiger partial charge in [0.2, 0.25) is 0 Å². The number of allylic oxidation sites excluding steroid dienone is 1. The summed E-state index contributed by atoms with van der Waals surface area (Å²) in [5.74, 6) is 2.51.